The molecule has 1 fully saturated rings. The first-order valence-corrected chi connectivity index (χ1v) is 4.80. The van der Waals surface area contributed by atoms with Crippen LogP contribution >= 0.6 is 0 Å². The molecule has 0 saturated heterocycles. The lowest BCUT2D eigenvalue weighted by Crippen LogP contribution is -1.96. The topological polar surface area (TPSA) is 32.3 Å². The molecule has 0 atom stereocenters. The van der Waals surface area contributed by atoms with Gasteiger partial charge in [-0.1, -0.05) is 6.07 Å². The quantitative estimate of drug-likeness (QED) is 0.743. The Kier molecular flexibility index (Phi) is 2.13. The van der Waals surface area contributed by atoms with Gasteiger partial charge < -0.3 is 10.4 Å². The van der Waals surface area contributed by atoms with E-state index < -0.39 is 0 Å². The lowest BCUT2D eigenvalue weighted by Gasteiger charge is -2.09. The van der Waals surface area contributed by atoms with Gasteiger partial charge >= 0.3 is 0 Å². The molecule has 2 rings (SSSR count). The molecule has 0 spiro atoms. The minimum Gasteiger partial charge on any atom is -0.508 e. The number of hydrogen-bond donors (Lipinski definition) is 2. The SMILES string of the molecule is CNc1cccc(O)c1CC1CC1. The van der Waals surface area contributed by atoms with Crippen molar-refractivity contribution in [1.29, 1.82) is 0 Å². The van der Waals surface area contributed by atoms with E-state index in [0.717, 1.165) is 23.6 Å². The summed E-state index contributed by atoms with van der Waals surface area (Å²) >= 11 is 0. The molecule has 13 heavy (non-hydrogen) atoms. The third-order valence-corrected chi connectivity index (χ3v) is 2.61. The molecule has 0 heterocycles. The average Bonchev–Trinajstić information content (AvgIpc) is 2.92. The fourth-order valence-electron chi connectivity index (χ4n) is 1.63. The van der Waals surface area contributed by atoms with Gasteiger partial charge in [0.1, 0.15) is 5.75 Å². The third-order valence-electron chi connectivity index (χ3n) is 2.61. The predicted molar refractivity (Wildman–Crippen MR) is 54.1 cm³/mol. The fourth-order valence-corrected chi connectivity index (χ4v) is 1.63. The smallest absolute Gasteiger partial charge is 0.120 e. The van der Waals surface area contributed by atoms with E-state index in [2.05, 4.69) is 5.32 Å². The van der Waals surface area contributed by atoms with Crippen LogP contribution in [0.4, 0.5) is 5.69 Å². The molecule has 0 bridgehead atoms. The van der Waals surface area contributed by atoms with Crippen LogP contribution in [-0.2, 0) is 6.42 Å². The third kappa shape index (κ3) is 1.77. The summed E-state index contributed by atoms with van der Waals surface area (Å²) in [4.78, 5) is 0. The van der Waals surface area contributed by atoms with Gasteiger partial charge in [0.05, 0.1) is 0 Å². The van der Waals surface area contributed by atoms with E-state index in [1.54, 1.807) is 6.07 Å². The van der Waals surface area contributed by atoms with Crippen LogP contribution in [0.15, 0.2) is 18.2 Å². The Morgan fingerprint density at radius 3 is 2.85 bits per heavy atom. The molecule has 0 aliphatic heterocycles. The van der Waals surface area contributed by atoms with Crippen LogP contribution in [0.25, 0.3) is 0 Å². The first-order chi connectivity index (χ1) is 6.31. The Morgan fingerprint density at radius 1 is 1.46 bits per heavy atom. The minimum atomic E-state index is 0.429. The Balaban J connectivity index is 2.27. The second-order valence-electron chi connectivity index (χ2n) is 3.70. The Labute approximate surface area is 78.6 Å². The van der Waals surface area contributed by atoms with Crippen LogP contribution in [0.3, 0.4) is 0 Å². The van der Waals surface area contributed by atoms with Crippen LogP contribution in [0.5, 0.6) is 5.75 Å². The normalized spacial score (nSPS) is 15.8. The Hall–Kier alpha value is -1.18. The van der Waals surface area contributed by atoms with E-state index in [4.69, 9.17) is 0 Å². The number of rotatable bonds is 3. The molecule has 1 aliphatic rings. The molecule has 0 aromatic heterocycles. The summed E-state index contributed by atoms with van der Waals surface area (Å²) in [6, 6.07) is 5.65. The van der Waals surface area contributed by atoms with E-state index in [1.807, 2.05) is 19.2 Å². The summed E-state index contributed by atoms with van der Waals surface area (Å²) < 4.78 is 0. The van der Waals surface area contributed by atoms with Crippen LogP contribution in [-0.4, -0.2) is 12.2 Å². The van der Waals surface area contributed by atoms with E-state index in [0.29, 0.717) is 5.75 Å². The van der Waals surface area contributed by atoms with Crippen molar-refractivity contribution in [3.63, 3.8) is 0 Å². The molecule has 1 aromatic rings. The molecule has 2 N–H and O–H groups in total. The van der Waals surface area contributed by atoms with Crippen molar-refractivity contribution in [1.82, 2.24) is 0 Å². The maximum Gasteiger partial charge on any atom is 0.120 e. The number of benzene rings is 1. The molecule has 1 aromatic carbocycles. The monoisotopic (exact) mass is 177 g/mol. The van der Waals surface area contributed by atoms with Crippen molar-refractivity contribution < 1.29 is 5.11 Å². The number of phenolic OH excluding ortho intramolecular Hbond substituents is 1. The van der Waals surface area contributed by atoms with Crippen LogP contribution in [0.2, 0.25) is 0 Å². The van der Waals surface area contributed by atoms with Gasteiger partial charge in [0.15, 0.2) is 0 Å². The standard InChI is InChI=1S/C11H15NO/c1-12-10-3-2-4-11(13)9(10)7-8-5-6-8/h2-4,8,12-13H,5-7H2,1H3. The maximum absolute atomic E-state index is 9.66. The Morgan fingerprint density at radius 2 is 2.23 bits per heavy atom. The van der Waals surface area contributed by atoms with Gasteiger partial charge in [-0.05, 0) is 37.3 Å². The van der Waals surface area contributed by atoms with E-state index in [9.17, 15) is 5.11 Å². The van der Waals surface area contributed by atoms with E-state index in [1.165, 1.54) is 12.8 Å². The molecular weight excluding hydrogens is 162 g/mol. The fraction of sp³-hybridized carbons (Fsp3) is 0.455. The second-order valence-corrected chi connectivity index (χ2v) is 3.70. The minimum absolute atomic E-state index is 0.429. The summed E-state index contributed by atoms with van der Waals surface area (Å²) in [6.07, 6.45) is 3.65. The molecule has 2 heteroatoms. The predicted octanol–water partition coefficient (Wildman–Crippen LogP) is 2.39. The van der Waals surface area contributed by atoms with Crippen molar-refractivity contribution in [3.05, 3.63) is 23.8 Å². The lowest BCUT2D eigenvalue weighted by molar-refractivity contribution is 0.467. The highest BCUT2D eigenvalue weighted by atomic mass is 16.3. The molecule has 0 radical (unpaired) electrons. The molecule has 1 aliphatic carbocycles. The largest absolute Gasteiger partial charge is 0.508 e. The molecule has 2 nitrogen and oxygen atoms in total. The zero-order chi connectivity index (χ0) is 9.26. The Bertz CT molecular complexity index is 305. The van der Waals surface area contributed by atoms with E-state index >= 15 is 0 Å². The van der Waals surface area contributed by atoms with Crippen LogP contribution < -0.4 is 5.32 Å². The van der Waals surface area contributed by atoms with Gasteiger partial charge in [-0.2, -0.15) is 0 Å². The highest BCUT2D eigenvalue weighted by Crippen LogP contribution is 2.37. The first kappa shape index (κ1) is 8.42. The number of anilines is 1. The van der Waals surface area contributed by atoms with Crippen LogP contribution in [0.1, 0.15) is 18.4 Å². The summed E-state index contributed by atoms with van der Waals surface area (Å²) in [6.45, 7) is 0. The van der Waals surface area contributed by atoms with Gasteiger partial charge in [0, 0.05) is 18.3 Å². The molecule has 1 saturated carbocycles. The maximum atomic E-state index is 9.66. The molecule has 0 unspecified atom stereocenters. The van der Waals surface area contributed by atoms with Crippen molar-refractivity contribution in [2.45, 2.75) is 19.3 Å². The highest BCUT2D eigenvalue weighted by Gasteiger charge is 2.23. The average molecular weight is 177 g/mol. The van der Waals surface area contributed by atoms with Crippen molar-refractivity contribution in [3.8, 4) is 5.75 Å². The lowest BCUT2D eigenvalue weighted by atomic mass is 10.1. The number of phenols is 1. The van der Waals surface area contributed by atoms with Gasteiger partial charge in [-0.15, -0.1) is 0 Å². The summed E-state index contributed by atoms with van der Waals surface area (Å²) in [5, 5.41) is 12.8. The number of aromatic hydroxyl groups is 1. The van der Waals surface area contributed by atoms with Gasteiger partial charge in [0.2, 0.25) is 0 Å². The summed E-state index contributed by atoms with van der Waals surface area (Å²) in [5.74, 6) is 1.24. The molecule has 70 valence electrons. The van der Waals surface area contributed by atoms with Gasteiger partial charge in [0.25, 0.3) is 0 Å². The van der Waals surface area contributed by atoms with Crippen molar-refractivity contribution in [2.75, 3.05) is 12.4 Å². The van der Waals surface area contributed by atoms with Crippen molar-refractivity contribution in [2.24, 2.45) is 5.92 Å². The summed E-state index contributed by atoms with van der Waals surface area (Å²) in [5.41, 5.74) is 2.14. The van der Waals surface area contributed by atoms with Crippen LogP contribution in [0, 0.1) is 5.92 Å². The van der Waals surface area contributed by atoms with E-state index in [-0.39, 0.29) is 0 Å². The van der Waals surface area contributed by atoms with Gasteiger partial charge in [-0.3, -0.25) is 0 Å². The highest BCUT2D eigenvalue weighted by molar-refractivity contribution is 5.57. The number of nitrogens with one attached hydrogen (secondary N) is 1. The molecular formula is C11H15NO. The van der Waals surface area contributed by atoms with Gasteiger partial charge in [-0.25, -0.2) is 0 Å². The first-order valence-electron chi connectivity index (χ1n) is 4.80. The zero-order valence-corrected chi connectivity index (χ0v) is 7.88. The second kappa shape index (κ2) is 3.29. The zero-order valence-electron chi connectivity index (χ0n) is 7.88. The van der Waals surface area contributed by atoms with Crippen molar-refractivity contribution >= 4 is 5.69 Å². The summed E-state index contributed by atoms with van der Waals surface area (Å²) in [7, 11) is 1.89. The number of hydrogen-bond acceptors (Lipinski definition) is 2. The molecule has 0 amide bonds.